The normalized spacial score (nSPS) is 17.2. The number of aryl methyl sites for hydroxylation is 2. The number of rotatable bonds is 2. The van der Waals surface area contributed by atoms with Gasteiger partial charge in [0.2, 0.25) is 0 Å². The number of hydrogen-bond acceptors (Lipinski definition) is 1. The zero-order valence-electron chi connectivity index (χ0n) is 13.5. The van der Waals surface area contributed by atoms with Crippen molar-refractivity contribution in [2.45, 2.75) is 39.8 Å². The van der Waals surface area contributed by atoms with Crippen molar-refractivity contribution in [1.29, 1.82) is 0 Å². The highest BCUT2D eigenvalue weighted by atomic mass is 16.2. The van der Waals surface area contributed by atoms with Crippen molar-refractivity contribution in [3.63, 3.8) is 0 Å². The van der Waals surface area contributed by atoms with Gasteiger partial charge in [-0.2, -0.15) is 0 Å². The number of fused-ring (bicyclic) bond motifs is 1. The summed E-state index contributed by atoms with van der Waals surface area (Å²) < 4.78 is 2.33. The van der Waals surface area contributed by atoms with Crippen molar-refractivity contribution < 1.29 is 4.79 Å². The molecule has 0 spiro atoms. The van der Waals surface area contributed by atoms with E-state index in [1.54, 1.807) is 0 Å². The third-order valence-electron chi connectivity index (χ3n) is 4.55. The number of nitrogens with one attached hydrogen (secondary N) is 1. The molecule has 0 bridgehead atoms. The largest absolute Gasteiger partial charge is 0.345 e. The predicted molar refractivity (Wildman–Crippen MR) is 89.1 cm³/mol. The van der Waals surface area contributed by atoms with Crippen LogP contribution in [0.25, 0.3) is 0 Å². The molecule has 0 fully saturated rings. The van der Waals surface area contributed by atoms with Crippen LogP contribution in [0.3, 0.4) is 0 Å². The van der Waals surface area contributed by atoms with Crippen LogP contribution in [0, 0.1) is 13.8 Å². The zero-order valence-corrected chi connectivity index (χ0v) is 13.5. The smallest absolute Gasteiger partial charge is 0.322 e. The summed E-state index contributed by atoms with van der Waals surface area (Å²) >= 11 is 0. The molecular formula is C18H23N3O. The summed E-state index contributed by atoms with van der Waals surface area (Å²) in [6.45, 7) is 7.89. The number of urea groups is 1. The molecule has 1 aromatic heterocycles. The molecular weight excluding hydrogens is 274 g/mol. The highest BCUT2D eigenvalue weighted by molar-refractivity contribution is 5.90. The molecule has 1 aliphatic heterocycles. The monoisotopic (exact) mass is 297 g/mol. The fraction of sp³-hybridized carbons (Fsp3) is 0.389. The number of hydrogen-bond donors (Lipinski definition) is 1. The van der Waals surface area contributed by atoms with E-state index >= 15 is 0 Å². The summed E-state index contributed by atoms with van der Waals surface area (Å²) in [5.41, 5.74) is 4.48. The van der Waals surface area contributed by atoms with Crippen LogP contribution in [0.1, 0.15) is 36.3 Å². The Labute approximate surface area is 131 Å². The van der Waals surface area contributed by atoms with Crippen LogP contribution in [-0.2, 0) is 6.54 Å². The maximum Gasteiger partial charge on any atom is 0.322 e. The minimum atomic E-state index is -0.00810. The van der Waals surface area contributed by atoms with Crippen molar-refractivity contribution in [2.75, 3.05) is 11.9 Å². The Morgan fingerprint density at radius 1 is 1.18 bits per heavy atom. The van der Waals surface area contributed by atoms with Gasteiger partial charge in [0, 0.05) is 30.2 Å². The molecule has 1 aliphatic rings. The van der Waals surface area contributed by atoms with Gasteiger partial charge in [-0.15, -0.1) is 0 Å². The van der Waals surface area contributed by atoms with Gasteiger partial charge in [0.05, 0.1) is 6.04 Å². The van der Waals surface area contributed by atoms with Crippen LogP contribution in [0.15, 0.2) is 36.4 Å². The molecule has 1 unspecified atom stereocenters. The molecule has 2 heterocycles. The molecule has 1 atom stereocenters. The quantitative estimate of drug-likeness (QED) is 0.890. The molecule has 116 valence electrons. The molecule has 0 saturated heterocycles. The predicted octanol–water partition coefficient (Wildman–Crippen LogP) is 4.10. The molecule has 2 aromatic rings. The molecule has 0 radical (unpaired) electrons. The first kappa shape index (κ1) is 14.7. The number of aromatic nitrogens is 1. The molecule has 2 amide bonds. The lowest BCUT2D eigenvalue weighted by atomic mass is 10.1. The fourth-order valence-electron chi connectivity index (χ4n) is 3.28. The molecule has 0 aliphatic carbocycles. The van der Waals surface area contributed by atoms with Crippen LogP contribution < -0.4 is 5.32 Å². The third-order valence-corrected chi connectivity index (χ3v) is 4.55. The second kappa shape index (κ2) is 5.87. The van der Waals surface area contributed by atoms with E-state index in [0.717, 1.165) is 30.8 Å². The number of anilines is 1. The van der Waals surface area contributed by atoms with Gasteiger partial charge >= 0.3 is 6.03 Å². The van der Waals surface area contributed by atoms with E-state index in [1.165, 1.54) is 11.4 Å². The first-order chi connectivity index (χ1) is 10.6. The Kier molecular flexibility index (Phi) is 3.92. The lowest BCUT2D eigenvalue weighted by Crippen LogP contribution is -2.44. The van der Waals surface area contributed by atoms with Crippen LogP contribution >= 0.6 is 0 Å². The van der Waals surface area contributed by atoms with E-state index in [2.05, 4.69) is 35.9 Å². The van der Waals surface area contributed by atoms with Gasteiger partial charge in [-0.3, -0.25) is 0 Å². The van der Waals surface area contributed by atoms with Crippen LogP contribution in [0.4, 0.5) is 10.5 Å². The third kappa shape index (κ3) is 2.49. The second-order valence-electron chi connectivity index (χ2n) is 5.91. The summed E-state index contributed by atoms with van der Waals surface area (Å²) in [4.78, 5) is 14.7. The minimum absolute atomic E-state index is 0.00810. The van der Waals surface area contributed by atoms with E-state index < -0.39 is 0 Å². The molecule has 0 saturated carbocycles. The van der Waals surface area contributed by atoms with Gasteiger partial charge in [-0.1, -0.05) is 25.1 Å². The first-order valence-corrected chi connectivity index (χ1v) is 7.91. The van der Waals surface area contributed by atoms with Crippen molar-refractivity contribution in [3.8, 4) is 0 Å². The van der Waals surface area contributed by atoms with Gasteiger partial charge in [0.15, 0.2) is 0 Å². The lowest BCUT2D eigenvalue weighted by molar-refractivity contribution is 0.165. The summed E-state index contributed by atoms with van der Waals surface area (Å²) in [6, 6.07) is 12.3. The van der Waals surface area contributed by atoms with Gasteiger partial charge in [0.1, 0.15) is 0 Å². The number of carbonyl (C=O) groups excluding carboxylic acids is 1. The maximum absolute atomic E-state index is 12.7. The first-order valence-electron chi connectivity index (χ1n) is 7.91. The van der Waals surface area contributed by atoms with Crippen molar-refractivity contribution >= 4 is 11.7 Å². The Balaban J connectivity index is 1.83. The highest BCUT2D eigenvalue weighted by Crippen LogP contribution is 2.30. The average Bonchev–Trinajstić information content (AvgIpc) is 2.90. The summed E-state index contributed by atoms with van der Waals surface area (Å²) in [6.07, 6.45) is 0.921. The Hall–Kier alpha value is -2.23. The van der Waals surface area contributed by atoms with E-state index in [1.807, 2.05) is 36.1 Å². The Morgan fingerprint density at radius 3 is 2.68 bits per heavy atom. The fourth-order valence-corrected chi connectivity index (χ4v) is 3.28. The standard InChI is InChI=1S/C18H23N3O/c1-4-16-17-10-9-14(3)20(17)11-12-21(16)18(22)19-15-8-6-5-7-13(15)2/h5-10,16H,4,11-12H2,1-3H3,(H,19,22). The average molecular weight is 297 g/mol. The SMILES string of the molecule is CCC1c2ccc(C)n2CCN1C(=O)Nc1ccccc1C. The Bertz CT molecular complexity index is 689. The van der Waals surface area contributed by atoms with Crippen molar-refractivity contribution in [1.82, 2.24) is 9.47 Å². The van der Waals surface area contributed by atoms with Crippen molar-refractivity contribution in [2.24, 2.45) is 0 Å². The topological polar surface area (TPSA) is 37.3 Å². The van der Waals surface area contributed by atoms with Crippen LogP contribution in [0.2, 0.25) is 0 Å². The van der Waals surface area contributed by atoms with Crippen LogP contribution in [0.5, 0.6) is 0 Å². The molecule has 22 heavy (non-hydrogen) atoms. The van der Waals surface area contributed by atoms with Crippen molar-refractivity contribution in [3.05, 3.63) is 53.3 Å². The number of para-hydroxylation sites is 1. The molecule has 3 rings (SSSR count). The van der Waals surface area contributed by atoms with Gasteiger partial charge in [-0.05, 0) is 44.0 Å². The van der Waals surface area contributed by atoms with E-state index in [9.17, 15) is 4.79 Å². The lowest BCUT2D eigenvalue weighted by Gasteiger charge is -2.37. The summed E-state index contributed by atoms with van der Waals surface area (Å²) in [5, 5.41) is 3.06. The summed E-state index contributed by atoms with van der Waals surface area (Å²) in [5.74, 6) is 0. The number of benzene rings is 1. The van der Waals surface area contributed by atoms with Gasteiger partial charge in [-0.25, -0.2) is 4.79 Å². The number of carbonyl (C=O) groups is 1. The van der Waals surface area contributed by atoms with Crippen LogP contribution in [-0.4, -0.2) is 22.0 Å². The number of amides is 2. The van der Waals surface area contributed by atoms with E-state index in [0.29, 0.717) is 0 Å². The van der Waals surface area contributed by atoms with Gasteiger partial charge < -0.3 is 14.8 Å². The second-order valence-corrected chi connectivity index (χ2v) is 5.91. The maximum atomic E-state index is 12.7. The molecule has 4 nitrogen and oxygen atoms in total. The molecule has 1 N–H and O–H groups in total. The molecule has 4 heteroatoms. The van der Waals surface area contributed by atoms with E-state index in [-0.39, 0.29) is 12.1 Å². The van der Waals surface area contributed by atoms with E-state index in [4.69, 9.17) is 0 Å². The van der Waals surface area contributed by atoms with Gasteiger partial charge in [0.25, 0.3) is 0 Å². The molecule has 1 aromatic carbocycles. The summed E-state index contributed by atoms with van der Waals surface area (Å²) in [7, 11) is 0. The number of nitrogens with zero attached hydrogens (tertiary/aromatic N) is 2. The minimum Gasteiger partial charge on any atom is -0.345 e. The zero-order chi connectivity index (χ0) is 15.7. The Morgan fingerprint density at radius 2 is 1.95 bits per heavy atom. The highest BCUT2D eigenvalue weighted by Gasteiger charge is 2.30.